The number of hydrogen-bond donors (Lipinski definition) is 0. The molecule has 10 aromatic carbocycles. The summed E-state index contributed by atoms with van der Waals surface area (Å²) in [5, 5.41) is 11.3. The molecule has 0 amide bonds. The van der Waals surface area contributed by atoms with E-state index in [1.165, 1.54) is 16.2 Å². The van der Waals surface area contributed by atoms with Crippen LogP contribution in [-0.4, -0.2) is 15.0 Å². The van der Waals surface area contributed by atoms with Gasteiger partial charge in [-0.05, 0) is 97.5 Å². The highest BCUT2D eigenvalue weighted by Crippen LogP contribution is 2.44. The van der Waals surface area contributed by atoms with Gasteiger partial charge >= 0.3 is 0 Å². The lowest BCUT2D eigenvalue weighted by atomic mass is 9.92. The molecule has 0 aliphatic rings. The van der Waals surface area contributed by atoms with Crippen LogP contribution in [0.25, 0.3) is 133 Å². The monoisotopic (exact) mass is 791 g/mol. The van der Waals surface area contributed by atoms with Gasteiger partial charge in [-0.2, -0.15) is 0 Å². The minimum atomic E-state index is 0.595. The van der Waals surface area contributed by atoms with Crippen LogP contribution in [0.4, 0.5) is 0 Å². The molecule has 5 heteroatoms. The Morgan fingerprint density at radius 3 is 1.65 bits per heavy atom. The quantitative estimate of drug-likeness (QED) is 0.174. The second-order valence-electron chi connectivity index (χ2n) is 15.9. The third-order valence-corrected chi connectivity index (χ3v) is 12.3. The standard InChI is InChI=1S/C57H33N3O2/c1-2-12-38-30-41(25-20-34(38)10-1)56-58-55(59-57(60-56)42-26-29-51-48(32-42)46-17-7-8-19-50(46)61-51)37-23-21-36(22-24-37)44-27-28-47(45-18-9-15-35-11-5-6-16-43(35)45)54-53(44)49-31-39-13-3-4-14-40(39)33-52(49)62-54/h1-33H. The second kappa shape index (κ2) is 13.6. The maximum absolute atomic E-state index is 6.90. The summed E-state index contributed by atoms with van der Waals surface area (Å²) in [5.74, 6) is 1.80. The predicted octanol–water partition coefficient (Wildman–Crippen LogP) is 15.5. The van der Waals surface area contributed by atoms with E-state index in [2.05, 4.69) is 170 Å². The van der Waals surface area contributed by atoms with Crippen LogP contribution >= 0.6 is 0 Å². The van der Waals surface area contributed by atoms with Crippen molar-refractivity contribution in [2.24, 2.45) is 0 Å². The molecule has 0 atom stereocenters. The molecule has 0 unspecified atom stereocenters. The molecular weight excluding hydrogens is 759 g/mol. The summed E-state index contributed by atoms with van der Waals surface area (Å²) in [4.78, 5) is 15.4. The van der Waals surface area contributed by atoms with Crippen molar-refractivity contribution in [3.63, 3.8) is 0 Å². The summed E-state index contributed by atoms with van der Waals surface area (Å²) in [6.07, 6.45) is 0. The minimum Gasteiger partial charge on any atom is -0.456 e. The molecule has 62 heavy (non-hydrogen) atoms. The van der Waals surface area contributed by atoms with E-state index < -0.39 is 0 Å². The van der Waals surface area contributed by atoms with Crippen LogP contribution in [-0.2, 0) is 0 Å². The van der Waals surface area contributed by atoms with Crippen LogP contribution < -0.4 is 0 Å². The SMILES string of the molecule is c1ccc2cc(-c3nc(-c4ccc(-c5ccc(-c6cccc7ccccc67)c6oc7cc8ccccc8cc7c56)cc4)nc(-c4ccc5oc6ccccc6c5c4)n3)ccc2c1. The third-order valence-electron chi connectivity index (χ3n) is 12.3. The summed E-state index contributed by atoms with van der Waals surface area (Å²) in [6, 6.07) is 70.0. The first-order valence-electron chi connectivity index (χ1n) is 20.8. The van der Waals surface area contributed by atoms with Gasteiger partial charge in [0.2, 0.25) is 0 Å². The number of fused-ring (bicyclic) bond motifs is 9. The van der Waals surface area contributed by atoms with Gasteiger partial charge in [0.05, 0.1) is 0 Å². The Kier molecular flexibility index (Phi) is 7.54. The summed E-state index contributed by atoms with van der Waals surface area (Å²) in [6.45, 7) is 0. The lowest BCUT2D eigenvalue weighted by Crippen LogP contribution is -2.00. The second-order valence-corrected chi connectivity index (χ2v) is 15.9. The van der Waals surface area contributed by atoms with E-state index in [1.54, 1.807) is 0 Å². The van der Waals surface area contributed by atoms with Crippen molar-refractivity contribution < 1.29 is 8.83 Å². The predicted molar refractivity (Wildman–Crippen MR) is 254 cm³/mol. The summed E-state index contributed by atoms with van der Waals surface area (Å²) in [5.41, 5.74) is 10.5. The normalized spacial score (nSPS) is 11.9. The number of rotatable bonds is 5. The van der Waals surface area contributed by atoms with Crippen LogP contribution in [0, 0.1) is 0 Å². The highest BCUT2D eigenvalue weighted by Gasteiger charge is 2.20. The van der Waals surface area contributed by atoms with Crippen LogP contribution in [0.3, 0.4) is 0 Å². The van der Waals surface area contributed by atoms with E-state index in [9.17, 15) is 0 Å². The summed E-state index contributed by atoms with van der Waals surface area (Å²) >= 11 is 0. The molecule has 0 aliphatic heterocycles. The lowest BCUT2D eigenvalue weighted by Gasteiger charge is -2.12. The third kappa shape index (κ3) is 5.52. The first kappa shape index (κ1) is 34.5. The smallest absolute Gasteiger partial charge is 0.164 e. The topological polar surface area (TPSA) is 65.0 Å². The summed E-state index contributed by atoms with van der Waals surface area (Å²) < 4.78 is 13.1. The zero-order valence-corrected chi connectivity index (χ0v) is 33.2. The number of hydrogen-bond acceptors (Lipinski definition) is 5. The van der Waals surface area contributed by atoms with Crippen molar-refractivity contribution in [1.29, 1.82) is 0 Å². The van der Waals surface area contributed by atoms with E-state index >= 15 is 0 Å². The van der Waals surface area contributed by atoms with Gasteiger partial charge in [0.25, 0.3) is 0 Å². The number of para-hydroxylation sites is 1. The maximum atomic E-state index is 6.90. The molecule has 0 spiro atoms. The molecule has 3 heterocycles. The maximum Gasteiger partial charge on any atom is 0.164 e. The van der Waals surface area contributed by atoms with Crippen molar-refractivity contribution >= 4 is 76.2 Å². The van der Waals surface area contributed by atoms with Gasteiger partial charge in [0, 0.05) is 43.8 Å². The first-order chi connectivity index (χ1) is 30.7. The van der Waals surface area contributed by atoms with Gasteiger partial charge < -0.3 is 8.83 Å². The Bertz CT molecular complexity index is 3930. The Morgan fingerprint density at radius 1 is 0.274 bits per heavy atom. The number of benzene rings is 10. The van der Waals surface area contributed by atoms with Crippen molar-refractivity contribution in [2.45, 2.75) is 0 Å². The van der Waals surface area contributed by atoms with Crippen molar-refractivity contribution in [3.8, 4) is 56.4 Å². The fourth-order valence-electron chi connectivity index (χ4n) is 9.23. The first-order valence-corrected chi connectivity index (χ1v) is 20.8. The van der Waals surface area contributed by atoms with E-state index in [0.29, 0.717) is 17.5 Å². The number of nitrogens with zero attached hydrogens (tertiary/aromatic N) is 3. The van der Waals surface area contributed by atoms with Crippen molar-refractivity contribution in [3.05, 3.63) is 200 Å². The summed E-state index contributed by atoms with van der Waals surface area (Å²) in [7, 11) is 0. The van der Waals surface area contributed by atoms with E-state index in [0.717, 1.165) is 99.0 Å². The molecule has 0 N–H and O–H groups in total. The van der Waals surface area contributed by atoms with E-state index in [1.807, 2.05) is 30.3 Å². The molecule has 5 nitrogen and oxygen atoms in total. The van der Waals surface area contributed by atoms with Crippen LogP contribution in [0.2, 0.25) is 0 Å². The van der Waals surface area contributed by atoms with Crippen LogP contribution in [0.15, 0.2) is 209 Å². The fourth-order valence-corrected chi connectivity index (χ4v) is 9.23. The van der Waals surface area contributed by atoms with Gasteiger partial charge in [0.15, 0.2) is 17.5 Å². The van der Waals surface area contributed by atoms with Crippen LogP contribution in [0.1, 0.15) is 0 Å². The Hall–Kier alpha value is -8.41. The van der Waals surface area contributed by atoms with Gasteiger partial charge in [-0.15, -0.1) is 0 Å². The average molecular weight is 792 g/mol. The van der Waals surface area contributed by atoms with E-state index in [4.69, 9.17) is 23.8 Å². The largest absolute Gasteiger partial charge is 0.456 e. The van der Waals surface area contributed by atoms with Gasteiger partial charge in [-0.25, -0.2) is 15.0 Å². The van der Waals surface area contributed by atoms with Gasteiger partial charge in [0.1, 0.15) is 22.3 Å². The Labute approximate surface area is 355 Å². The molecule has 0 aliphatic carbocycles. The molecule has 0 saturated carbocycles. The lowest BCUT2D eigenvalue weighted by molar-refractivity contribution is 0.669. The molecule has 288 valence electrons. The van der Waals surface area contributed by atoms with Gasteiger partial charge in [-0.1, -0.05) is 152 Å². The molecule has 13 aromatic rings. The molecule has 0 saturated heterocycles. The zero-order chi connectivity index (χ0) is 40.7. The fraction of sp³-hybridized carbons (Fsp3) is 0. The molecule has 3 aromatic heterocycles. The molecule has 0 radical (unpaired) electrons. The molecular formula is C57H33N3O2. The Balaban J connectivity index is 0.978. The number of furan rings is 2. The highest BCUT2D eigenvalue weighted by molar-refractivity contribution is 6.20. The average Bonchev–Trinajstić information content (AvgIpc) is 3.90. The van der Waals surface area contributed by atoms with Crippen molar-refractivity contribution in [2.75, 3.05) is 0 Å². The molecule has 13 rings (SSSR count). The number of aromatic nitrogens is 3. The van der Waals surface area contributed by atoms with E-state index in [-0.39, 0.29) is 0 Å². The molecule has 0 bridgehead atoms. The minimum absolute atomic E-state index is 0.595. The zero-order valence-electron chi connectivity index (χ0n) is 33.2. The Morgan fingerprint density at radius 2 is 0.839 bits per heavy atom. The van der Waals surface area contributed by atoms with Crippen LogP contribution in [0.5, 0.6) is 0 Å². The highest BCUT2D eigenvalue weighted by atomic mass is 16.3. The van der Waals surface area contributed by atoms with Crippen molar-refractivity contribution in [1.82, 2.24) is 15.0 Å². The van der Waals surface area contributed by atoms with Gasteiger partial charge in [-0.3, -0.25) is 0 Å². The molecule has 0 fully saturated rings.